The first-order valence-electron chi connectivity index (χ1n) is 4.54. The van der Waals surface area contributed by atoms with Gasteiger partial charge in [-0.05, 0) is 25.5 Å². The predicted octanol–water partition coefficient (Wildman–Crippen LogP) is 2.07. The maximum absolute atomic E-state index is 11.8. The van der Waals surface area contributed by atoms with Crippen LogP contribution in [0, 0.1) is 6.92 Å². The van der Waals surface area contributed by atoms with Gasteiger partial charge in [-0.25, -0.2) is 5.01 Å². The monoisotopic (exact) mass is 190 g/mol. The van der Waals surface area contributed by atoms with Crippen LogP contribution in [0.25, 0.3) is 0 Å². The van der Waals surface area contributed by atoms with E-state index in [1.807, 2.05) is 32.0 Å². The molecule has 0 aliphatic carbocycles. The number of aryl methyl sites for hydroxylation is 1. The number of hydrogen-bond donors (Lipinski definition) is 0. The number of rotatable bonds is 3. The van der Waals surface area contributed by atoms with E-state index in [4.69, 9.17) is 0 Å². The Labute approximate surface area is 84.0 Å². The molecule has 1 aromatic rings. The van der Waals surface area contributed by atoms with Gasteiger partial charge in [0.15, 0.2) is 0 Å². The minimum Gasteiger partial charge on any atom is -0.267 e. The summed E-state index contributed by atoms with van der Waals surface area (Å²) in [6.07, 6.45) is 0. The third-order valence-corrected chi connectivity index (χ3v) is 2.08. The van der Waals surface area contributed by atoms with Crippen LogP contribution in [0.4, 0.5) is 0 Å². The van der Waals surface area contributed by atoms with Crippen LogP contribution in [0.1, 0.15) is 22.8 Å². The van der Waals surface area contributed by atoms with E-state index < -0.39 is 0 Å². The maximum atomic E-state index is 11.8. The van der Waals surface area contributed by atoms with E-state index in [2.05, 4.69) is 11.8 Å². The van der Waals surface area contributed by atoms with E-state index in [-0.39, 0.29) is 5.91 Å². The van der Waals surface area contributed by atoms with Gasteiger partial charge in [-0.2, -0.15) is 5.10 Å². The van der Waals surface area contributed by atoms with Gasteiger partial charge in [0.25, 0.3) is 5.91 Å². The molecule has 0 heterocycles. The Hall–Kier alpha value is -1.64. The van der Waals surface area contributed by atoms with Crippen molar-refractivity contribution in [1.82, 2.24) is 5.01 Å². The van der Waals surface area contributed by atoms with Gasteiger partial charge in [0, 0.05) is 18.8 Å². The smallest absolute Gasteiger partial charge is 0.267 e. The first-order chi connectivity index (χ1) is 6.70. The molecule has 0 saturated heterocycles. The van der Waals surface area contributed by atoms with Crippen LogP contribution in [0.2, 0.25) is 0 Å². The minimum atomic E-state index is -0.0967. The standard InChI is InChI=1S/C11H14N2O/c1-4-13(12-3)11(14)10-8-6-5-7-9(10)2/h5-8H,3-4H2,1-2H3. The third kappa shape index (κ3) is 1.99. The van der Waals surface area contributed by atoms with Crippen molar-refractivity contribution < 1.29 is 4.79 Å². The van der Waals surface area contributed by atoms with E-state index in [0.717, 1.165) is 5.56 Å². The average Bonchev–Trinajstić information content (AvgIpc) is 2.20. The highest BCUT2D eigenvalue weighted by Crippen LogP contribution is 2.10. The minimum absolute atomic E-state index is 0.0967. The zero-order chi connectivity index (χ0) is 10.6. The van der Waals surface area contributed by atoms with Gasteiger partial charge in [0.1, 0.15) is 0 Å². The van der Waals surface area contributed by atoms with E-state index in [9.17, 15) is 4.79 Å². The summed E-state index contributed by atoms with van der Waals surface area (Å²) in [6.45, 7) is 7.67. The number of hydrogen-bond acceptors (Lipinski definition) is 2. The highest BCUT2D eigenvalue weighted by Gasteiger charge is 2.13. The van der Waals surface area contributed by atoms with Crippen LogP contribution in [-0.2, 0) is 0 Å². The summed E-state index contributed by atoms with van der Waals surface area (Å²) in [6, 6.07) is 7.45. The van der Waals surface area contributed by atoms with Gasteiger partial charge in [-0.1, -0.05) is 18.2 Å². The van der Waals surface area contributed by atoms with Crippen molar-refractivity contribution in [2.75, 3.05) is 6.54 Å². The lowest BCUT2D eigenvalue weighted by Gasteiger charge is -2.14. The van der Waals surface area contributed by atoms with Crippen molar-refractivity contribution in [2.24, 2.45) is 5.10 Å². The second-order valence-electron chi connectivity index (χ2n) is 2.98. The summed E-state index contributed by atoms with van der Waals surface area (Å²) in [4.78, 5) is 11.8. The van der Waals surface area contributed by atoms with Crippen LogP contribution >= 0.6 is 0 Å². The Morgan fingerprint density at radius 1 is 1.50 bits per heavy atom. The molecule has 1 amide bonds. The third-order valence-electron chi connectivity index (χ3n) is 2.08. The number of carbonyl (C=O) groups excluding carboxylic acids is 1. The summed E-state index contributed by atoms with van der Waals surface area (Å²) in [5, 5.41) is 5.01. The molecule has 1 aromatic carbocycles. The Morgan fingerprint density at radius 2 is 2.14 bits per heavy atom. The van der Waals surface area contributed by atoms with Crippen molar-refractivity contribution in [3.8, 4) is 0 Å². The average molecular weight is 190 g/mol. The molecule has 74 valence electrons. The molecule has 0 unspecified atom stereocenters. The van der Waals surface area contributed by atoms with Crippen LogP contribution in [0.5, 0.6) is 0 Å². The van der Waals surface area contributed by atoms with Crippen molar-refractivity contribution in [2.45, 2.75) is 13.8 Å². The lowest BCUT2D eigenvalue weighted by atomic mass is 10.1. The molecular formula is C11H14N2O. The topological polar surface area (TPSA) is 32.7 Å². The summed E-state index contributed by atoms with van der Waals surface area (Å²) < 4.78 is 0. The lowest BCUT2D eigenvalue weighted by Crippen LogP contribution is -2.25. The van der Waals surface area contributed by atoms with Crippen LogP contribution in [0.3, 0.4) is 0 Å². The fraction of sp³-hybridized carbons (Fsp3) is 0.273. The zero-order valence-electron chi connectivity index (χ0n) is 8.53. The van der Waals surface area contributed by atoms with Gasteiger partial charge in [-0.15, -0.1) is 0 Å². The molecule has 0 spiro atoms. The Morgan fingerprint density at radius 3 is 2.64 bits per heavy atom. The van der Waals surface area contributed by atoms with Crippen LogP contribution < -0.4 is 0 Å². The van der Waals surface area contributed by atoms with Crippen LogP contribution in [-0.4, -0.2) is 24.2 Å². The first-order valence-corrected chi connectivity index (χ1v) is 4.54. The summed E-state index contributed by atoms with van der Waals surface area (Å²) in [5.41, 5.74) is 1.64. The normalized spacial score (nSPS) is 9.57. The molecule has 3 heteroatoms. The molecule has 3 nitrogen and oxygen atoms in total. The van der Waals surface area contributed by atoms with Crippen molar-refractivity contribution in [3.05, 3.63) is 35.4 Å². The summed E-state index contributed by atoms with van der Waals surface area (Å²) in [5.74, 6) is -0.0967. The Bertz CT molecular complexity index is 347. The van der Waals surface area contributed by atoms with Gasteiger partial charge >= 0.3 is 0 Å². The molecule has 0 aliphatic rings. The number of nitrogens with zero attached hydrogens (tertiary/aromatic N) is 2. The van der Waals surface area contributed by atoms with Gasteiger partial charge in [0.05, 0.1) is 0 Å². The van der Waals surface area contributed by atoms with Gasteiger partial charge in [-0.3, -0.25) is 4.79 Å². The maximum Gasteiger partial charge on any atom is 0.274 e. The fourth-order valence-corrected chi connectivity index (χ4v) is 1.26. The molecule has 0 saturated carbocycles. The highest BCUT2D eigenvalue weighted by atomic mass is 16.2. The molecule has 0 atom stereocenters. The SMILES string of the molecule is C=NN(CC)C(=O)c1ccccc1C. The molecular weight excluding hydrogens is 176 g/mol. The quantitative estimate of drug-likeness (QED) is 0.530. The summed E-state index contributed by atoms with van der Waals surface area (Å²) >= 11 is 0. The van der Waals surface area contributed by atoms with E-state index in [1.54, 1.807) is 6.07 Å². The predicted molar refractivity (Wildman–Crippen MR) is 57.4 cm³/mol. The summed E-state index contributed by atoms with van der Waals surface area (Å²) in [7, 11) is 0. The number of carbonyl (C=O) groups is 1. The van der Waals surface area contributed by atoms with Crippen molar-refractivity contribution in [3.63, 3.8) is 0 Å². The molecule has 14 heavy (non-hydrogen) atoms. The Balaban J connectivity index is 3.00. The second kappa shape index (κ2) is 4.56. The second-order valence-corrected chi connectivity index (χ2v) is 2.98. The van der Waals surface area contributed by atoms with E-state index >= 15 is 0 Å². The van der Waals surface area contributed by atoms with Gasteiger partial charge in [0.2, 0.25) is 0 Å². The fourth-order valence-electron chi connectivity index (χ4n) is 1.26. The van der Waals surface area contributed by atoms with E-state index in [0.29, 0.717) is 12.1 Å². The number of benzene rings is 1. The van der Waals surface area contributed by atoms with Crippen molar-refractivity contribution in [1.29, 1.82) is 0 Å². The number of amides is 1. The number of hydrazone groups is 1. The van der Waals surface area contributed by atoms with E-state index in [1.165, 1.54) is 5.01 Å². The van der Waals surface area contributed by atoms with Crippen molar-refractivity contribution >= 4 is 12.6 Å². The molecule has 0 N–H and O–H groups in total. The molecule has 1 rings (SSSR count). The molecule has 0 radical (unpaired) electrons. The molecule has 0 fully saturated rings. The lowest BCUT2D eigenvalue weighted by molar-refractivity contribution is 0.0770. The first kappa shape index (κ1) is 10.4. The Kier molecular flexibility index (Phi) is 3.40. The zero-order valence-corrected chi connectivity index (χ0v) is 8.53. The molecule has 0 aliphatic heterocycles. The van der Waals surface area contributed by atoms with Crippen LogP contribution in [0.15, 0.2) is 29.4 Å². The molecule has 0 aromatic heterocycles. The van der Waals surface area contributed by atoms with Gasteiger partial charge < -0.3 is 0 Å². The molecule has 0 bridgehead atoms. The highest BCUT2D eigenvalue weighted by molar-refractivity contribution is 5.95. The largest absolute Gasteiger partial charge is 0.274 e.